The molecule has 20 heavy (non-hydrogen) atoms. The first-order valence-corrected chi connectivity index (χ1v) is 7.89. The molecule has 0 saturated carbocycles. The van der Waals surface area contributed by atoms with E-state index in [9.17, 15) is 12.8 Å². The largest absolute Gasteiger partial charge is 0.398 e. The summed E-state index contributed by atoms with van der Waals surface area (Å²) in [5.74, 6) is -0.613. The Kier molecular flexibility index (Phi) is 4.41. The summed E-state index contributed by atoms with van der Waals surface area (Å²) in [4.78, 5) is -0.161. The zero-order valence-electron chi connectivity index (χ0n) is 10.3. The third kappa shape index (κ3) is 3.35. The molecule has 3 N–H and O–H groups in total. The SMILES string of the molecule is Nc1cc(F)c(Br)cc1S(=O)(=O)NCCn1cccn1. The lowest BCUT2D eigenvalue weighted by atomic mass is 10.3. The lowest BCUT2D eigenvalue weighted by Gasteiger charge is -2.10. The highest BCUT2D eigenvalue weighted by atomic mass is 79.9. The maximum Gasteiger partial charge on any atom is 0.242 e. The van der Waals surface area contributed by atoms with E-state index in [2.05, 4.69) is 25.8 Å². The Hall–Kier alpha value is -1.45. The molecule has 1 aromatic heterocycles. The van der Waals surface area contributed by atoms with Gasteiger partial charge in [0, 0.05) is 18.9 Å². The van der Waals surface area contributed by atoms with Crippen molar-refractivity contribution in [2.75, 3.05) is 12.3 Å². The molecular weight excluding hydrogens is 351 g/mol. The van der Waals surface area contributed by atoms with Gasteiger partial charge in [-0.25, -0.2) is 17.5 Å². The Labute approximate surface area is 124 Å². The molecule has 0 aliphatic heterocycles. The summed E-state index contributed by atoms with van der Waals surface area (Å²) in [5.41, 5.74) is 5.40. The first kappa shape index (κ1) is 14.9. The van der Waals surface area contributed by atoms with Crippen molar-refractivity contribution in [1.29, 1.82) is 0 Å². The highest BCUT2D eigenvalue weighted by molar-refractivity contribution is 9.10. The monoisotopic (exact) mass is 362 g/mol. The van der Waals surface area contributed by atoms with Crippen LogP contribution in [-0.4, -0.2) is 24.7 Å². The van der Waals surface area contributed by atoms with Crippen molar-refractivity contribution in [2.24, 2.45) is 0 Å². The number of anilines is 1. The maximum atomic E-state index is 13.2. The van der Waals surface area contributed by atoms with E-state index in [1.165, 1.54) is 0 Å². The number of nitrogens with two attached hydrogens (primary N) is 1. The van der Waals surface area contributed by atoms with Crippen LogP contribution in [0.3, 0.4) is 0 Å². The number of rotatable bonds is 5. The summed E-state index contributed by atoms with van der Waals surface area (Å²) in [5, 5.41) is 3.95. The van der Waals surface area contributed by atoms with Crippen LogP contribution < -0.4 is 10.5 Å². The maximum absolute atomic E-state index is 13.2. The van der Waals surface area contributed by atoms with Crippen molar-refractivity contribution in [3.63, 3.8) is 0 Å². The van der Waals surface area contributed by atoms with E-state index in [0.717, 1.165) is 12.1 Å². The molecule has 0 amide bonds. The molecular formula is C11H12BrFN4O2S. The summed E-state index contributed by atoms with van der Waals surface area (Å²) >= 11 is 2.94. The van der Waals surface area contributed by atoms with Gasteiger partial charge in [-0.2, -0.15) is 5.10 Å². The summed E-state index contributed by atoms with van der Waals surface area (Å²) in [7, 11) is -3.80. The smallest absolute Gasteiger partial charge is 0.242 e. The molecule has 0 radical (unpaired) electrons. The van der Waals surface area contributed by atoms with Gasteiger partial charge in [0.2, 0.25) is 10.0 Å². The van der Waals surface area contributed by atoms with Gasteiger partial charge in [-0.3, -0.25) is 4.68 Å². The Balaban J connectivity index is 2.12. The molecule has 9 heteroatoms. The molecule has 0 saturated heterocycles. The van der Waals surface area contributed by atoms with E-state index >= 15 is 0 Å². The van der Waals surface area contributed by atoms with Gasteiger partial charge < -0.3 is 5.73 Å². The molecule has 0 spiro atoms. The van der Waals surface area contributed by atoms with Crippen LogP contribution in [0.2, 0.25) is 0 Å². The fourth-order valence-electron chi connectivity index (χ4n) is 1.58. The second kappa shape index (κ2) is 5.90. The first-order chi connectivity index (χ1) is 9.40. The van der Waals surface area contributed by atoms with Crippen molar-refractivity contribution >= 4 is 31.6 Å². The molecule has 0 unspecified atom stereocenters. The highest BCUT2D eigenvalue weighted by Crippen LogP contribution is 2.25. The zero-order chi connectivity index (χ0) is 14.8. The number of nitrogens with one attached hydrogen (secondary N) is 1. The lowest BCUT2D eigenvalue weighted by Crippen LogP contribution is -2.28. The molecule has 0 aliphatic carbocycles. The van der Waals surface area contributed by atoms with Gasteiger partial charge >= 0.3 is 0 Å². The molecule has 2 rings (SSSR count). The topological polar surface area (TPSA) is 90.0 Å². The third-order valence-electron chi connectivity index (χ3n) is 2.53. The number of hydrogen-bond acceptors (Lipinski definition) is 4. The minimum atomic E-state index is -3.80. The van der Waals surface area contributed by atoms with Crippen LogP contribution in [0, 0.1) is 5.82 Å². The van der Waals surface area contributed by atoms with Crippen LogP contribution in [0.15, 0.2) is 40.0 Å². The van der Waals surface area contributed by atoms with Crippen LogP contribution >= 0.6 is 15.9 Å². The first-order valence-electron chi connectivity index (χ1n) is 5.62. The standard InChI is InChI=1S/C11H12BrFN4O2S/c12-8-6-11(10(14)7-9(8)13)20(18,19)16-3-5-17-4-1-2-15-17/h1-2,4,6-7,16H,3,5,14H2. The molecule has 108 valence electrons. The van der Waals surface area contributed by atoms with Crippen LogP contribution in [-0.2, 0) is 16.6 Å². The molecule has 0 atom stereocenters. The Morgan fingerprint density at radius 3 is 2.85 bits per heavy atom. The Morgan fingerprint density at radius 2 is 2.20 bits per heavy atom. The molecule has 0 bridgehead atoms. The van der Waals surface area contributed by atoms with Crippen LogP contribution in [0.25, 0.3) is 0 Å². The van der Waals surface area contributed by atoms with Gasteiger partial charge in [0.25, 0.3) is 0 Å². The number of sulfonamides is 1. The number of nitrogen functional groups attached to an aromatic ring is 1. The van der Waals surface area contributed by atoms with E-state index < -0.39 is 15.8 Å². The zero-order valence-corrected chi connectivity index (χ0v) is 12.7. The van der Waals surface area contributed by atoms with Crippen molar-refractivity contribution in [1.82, 2.24) is 14.5 Å². The summed E-state index contributed by atoms with van der Waals surface area (Å²) in [6.07, 6.45) is 3.32. The average Bonchev–Trinajstić information content (AvgIpc) is 2.86. The second-order valence-corrected chi connectivity index (χ2v) is 6.56. The van der Waals surface area contributed by atoms with Crippen molar-refractivity contribution in [2.45, 2.75) is 11.4 Å². The Morgan fingerprint density at radius 1 is 1.45 bits per heavy atom. The minimum absolute atomic E-state index is 0.0409. The highest BCUT2D eigenvalue weighted by Gasteiger charge is 2.19. The number of hydrogen-bond donors (Lipinski definition) is 2. The van der Waals surface area contributed by atoms with Gasteiger partial charge in [-0.15, -0.1) is 0 Å². The quantitative estimate of drug-likeness (QED) is 0.785. The van der Waals surface area contributed by atoms with Gasteiger partial charge in [-0.05, 0) is 34.1 Å². The average molecular weight is 363 g/mol. The number of nitrogens with zero attached hydrogens (tertiary/aromatic N) is 2. The predicted molar refractivity (Wildman–Crippen MR) is 75.9 cm³/mol. The predicted octanol–water partition coefficient (Wildman–Crippen LogP) is 1.35. The van der Waals surface area contributed by atoms with E-state index in [1.807, 2.05) is 0 Å². The lowest BCUT2D eigenvalue weighted by molar-refractivity contribution is 0.560. The summed E-state index contributed by atoms with van der Waals surface area (Å²) < 4.78 is 41.4. The molecule has 1 heterocycles. The number of benzene rings is 1. The van der Waals surface area contributed by atoms with Crippen molar-refractivity contribution in [3.8, 4) is 0 Å². The van der Waals surface area contributed by atoms with Gasteiger partial charge in [0.15, 0.2) is 0 Å². The summed E-state index contributed by atoms with van der Waals surface area (Å²) in [6, 6.07) is 3.84. The second-order valence-electron chi connectivity index (χ2n) is 3.97. The number of aromatic nitrogens is 2. The summed E-state index contributed by atoms with van der Waals surface area (Å²) in [6.45, 7) is 0.535. The Bertz CT molecular complexity index is 703. The molecule has 2 aromatic rings. The van der Waals surface area contributed by atoms with Crippen molar-refractivity contribution < 1.29 is 12.8 Å². The fourth-order valence-corrected chi connectivity index (χ4v) is 3.23. The van der Waals surface area contributed by atoms with E-state index in [-0.39, 0.29) is 21.6 Å². The molecule has 0 aliphatic rings. The number of halogens is 2. The van der Waals surface area contributed by atoms with Crippen LogP contribution in [0.1, 0.15) is 0 Å². The molecule has 0 fully saturated rings. The van der Waals surface area contributed by atoms with Gasteiger partial charge in [0.05, 0.1) is 16.7 Å². The third-order valence-corrected chi connectivity index (χ3v) is 4.66. The van der Waals surface area contributed by atoms with E-state index in [0.29, 0.717) is 6.54 Å². The van der Waals surface area contributed by atoms with E-state index in [1.54, 1.807) is 23.1 Å². The van der Waals surface area contributed by atoms with Crippen LogP contribution in [0.5, 0.6) is 0 Å². The molecule has 1 aromatic carbocycles. The van der Waals surface area contributed by atoms with Gasteiger partial charge in [-0.1, -0.05) is 0 Å². The minimum Gasteiger partial charge on any atom is -0.398 e. The van der Waals surface area contributed by atoms with Crippen LogP contribution in [0.4, 0.5) is 10.1 Å². The normalized spacial score (nSPS) is 11.7. The molecule has 6 nitrogen and oxygen atoms in total. The van der Waals surface area contributed by atoms with Crippen molar-refractivity contribution in [3.05, 3.63) is 40.9 Å². The van der Waals surface area contributed by atoms with E-state index in [4.69, 9.17) is 5.73 Å². The fraction of sp³-hybridized carbons (Fsp3) is 0.182. The van der Waals surface area contributed by atoms with Gasteiger partial charge in [0.1, 0.15) is 10.7 Å².